The zero-order chi connectivity index (χ0) is 16.0. The molecule has 4 heteroatoms. The predicted molar refractivity (Wildman–Crippen MR) is 109 cm³/mol. The molecule has 25 heavy (non-hydrogen) atoms. The van der Waals surface area contributed by atoms with E-state index in [9.17, 15) is 5.11 Å². The summed E-state index contributed by atoms with van der Waals surface area (Å²) in [5, 5.41) is 12.8. The Morgan fingerprint density at radius 1 is 0.920 bits per heavy atom. The van der Waals surface area contributed by atoms with Gasteiger partial charge in [-0.25, -0.2) is 0 Å². The molecule has 0 saturated heterocycles. The molecule has 1 aliphatic rings. The smallest absolute Gasteiger partial charge is 0.0773 e. The van der Waals surface area contributed by atoms with Crippen molar-refractivity contribution in [3.63, 3.8) is 0 Å². The molecule has 1 nitrogen and oxygen atoms in total. The van der Waals surface area contributed by atoms with Gasteiger partial charge in [0.05, 0.1) is 6.10 Å². The first-order valence-corrected chi connectivity index (χ1v) is 8.02. The van der Waals surface area contributed by atoms with Crippen molar-refractivity contribution in [3.8, 4) is 0 Å². The Labute approximate surface area is 178 Å². The van der Waals surface area contributed by atoms with Gasteiger partial charge in [0.1, 0.15) is 0 Å². The van der Waals surface area contributed by atoms with E-state index in [0.717, 1.165) is 10.9 Å². The molecule has 0 aliphatic heterocycles. The molecule has 134 valence electrons. The average molecular weight is 413 g/mol. The number of hydrogen-bond acceptors (Lipinski definition) is 1. The van der Waals surface area contributed by atoms with Crippen LogP contribution in [-0.4, -0.2) is 5.11 Å². The van der Waals surface area contributed by atoms with Gasteiger partial charge in [-0.05, 0) is 66.3 Å². The van der Waals surface area contributed by atoms with Crippen LogP contribution in [-0.2, 0) is 21.7 Å². The van der Waals surface area contributed by atoms with Crippen LogP contribution in [0, 0.1) is 5.92 Å². The summed E-state index contributed by atoms with van der Waals surface area (Å²) in [4.78, 5) is 0. The first-order valence-electron chi connectivity index (χ1n) is 8.02. The third-order valence-corrected chi connectivity index (χ3v) is 5.32. The maximum atomic E-state index is 10.4. The Balaban J connectivity index is 0.00000192. The van der Waals surface area contributed by atoms with E-state index in [4.69, 9.17) is 0 Å². The summed E-state index contributed by atoms with van der Waals surface area (Å²) in [7, 11) is 0. The molecule has 1 N–H and O–H groups in total. The molecule has 2 aromatic carbocycles. The monoisotopic (exact) mass is 412 g/mol. The van der Waals surface area contributed by atoms with Crippen molar-refractivity contribution in [1.29, 1.82) is 0 Å². The fourth-order valence-electron chi connectivity index (χ4n) is 3.78. The molecule has 3 rings (SSSR count). The summed E-state index contributed by atoms with van der Waals surface area (Å²) in [6.45, 7) is 10.8. The first-order chi connectivity index (χ1) is 10.4. The SMILES string of the molecule is CC1=C(C)C(C)C(c2ccc3ccccc3c2C(C)O)=C1C.Cl.Cl.[Ti]. The van der Waals surface area contributed by atoms with Crippen molar-refractivity contribution >= 4 is 41.2 Å². The third-order valence-electron chi connectivity index (χ3n) is 5.32. The second-order valence-electron chi connectivity index (χ2n) is 6.49. The van der Waals surface area contributed by atoms with E-state index in [1.165, 1.54) is 33.2 Å². The summed E-state index contributed by atoms with van der Waals surface area (Å²) < 4.78 is 0. The zero-order valence-corrected chi connectivity index (χ0v) is 18.6. The molecule has 0 bridgehead atoms. The topological polar surface area (TPSA) is 20.2 Å². The number of aliphatic hydroxyl groups is 1. The molecule has 2 atom stereocenters. The van der Waals surface area contributed by atoms with E-state index in [0.29, 0.717) is 5.92 Å². The number of fused-ring (bicyclic) bond motifs is 1. The van der Waals surface area contributed by atoms with Crippen LogP contribution in [0.2, 0.25) is 0 Å². The van der Waals surface area contributed by atoms with Crippen LogP contribution in [0.1, 0.15) is 51.8 Å². The van der Waals surface area contributed by atoms with Gasteiger partial charge in [0.15, 0.2) is 0 Å². The summed E-state index contributed by atoms with van der Waals surface area (Å²) in [5.74, 6) is 0.415. The van der Waals surface area contributed by atoms with Gasteiger partial charge in [-0.1, -0.05) is 48.9 Å². The minimum absolute atomic E-state index is 0. The van der Waals surface area contributed by atoms with Gasteiger partial charge in [-0.2, -0.15) is 0 Å². The molecule has 1 aliphatic carbocycles. The van der Waals surface area contributed by atoms with Gasteiger partial charge in [-0.15, -0.1) is 24.8 Å². The van der Waals surface area contributed by atoms with Crippen LogP contribution < -0.4 is 0 Å². The Bertz CT molecular complexity index is 822. The minimum Gasteiger partial charge on any atom is -0.389 e. The summed E-state index contributed by atoms with van der Waals surface area (Å²) in [6.07, 6.45) is -0.477. The number of aliphatic hydroxyl groups excluding tert-OH is 1. The number of benzene rings is 2. The van der Waals surface area contributed by atoms with Crippen molar-refractivity contribution < 1.29 is 26.8 Å². The van der Waals surface area contributed by atoms with E-state index in [1.807, 2.05) is 19.1 Å². The van der Waals surface area contributed by atoms with E-state index >= 15 is 0 Å². The predicted octanol–water partition coefficient (Wildman–Crippen LogP) is 6.49. The van der Waals surface area contributed by atoms with Gasteiger partial charge in [0.25, 0.3) is 0 Å². The van der Waals surface area contributed by atoms with Gasteiger partial charge in [0, 0.05) is 27.6 Å². The van der Waals surface area contributed by atoms with Crippen LogP contribution in [0.4, 0.5) is 0 Å². The number of halogens is 2. The molecule has 0 aromatic heterocycles. The molecule has 0 radical (unpaired) electrons. The standard InChI is InChI=1S/C21H24O.2ClH.Ti/c1-12-13(2)15(4)20(14(12)3)19-11-10-17-8-6-7-9-18(17)21(19)16(5)22;;;/h6-11,14,16,22H,1-5H3;2*1H;. The molecule has 2 aromatic rings. The molecule has 0 saturated carbocycles. The third kappa shape index (κ3) is 4.07. The van der Waals surface area contributed by atoms with Crippen molar-refractivity contribution in [3.05, 3.63) is 64.2 Å². The van der Waals surface area contributed by atoms with Crippen LogP contribution in [0.3, 0.4) is 0 Å². The van der Waals surface area contributed by atoms with Crippen LogP contribution in [0.25, 0.3) is 16.3 Å². The van der Waals surface area contributed by atoms with Crippen molar-refractivity contribution in [2.75, 3.05) is 0 Å². The molecule has 0 fully saturated rings. The quantitative estimate of drug-likeness (QED) is 0.558. The van der Waals surface area contributed by atoms with Crippen molar-refractivity contribution in [1.82, 2.24) is 0 Å². The first kappa shape index (κ1) is 24.4. The molecular formula is C21H26Cl2OTi. The van der Waals surface area contributed by atoms with E-state index in [2.05, 4.69) is 52.0 Å². The molecule has 2 unspecified atom stereocenters. The Morgan fingerprint density at radius 2 is 1.52 bits per heavy atom. The fourth-order valence-corrected chi connectivity index (χ4v) is 3.78. The van der Waals surface area contributed by atoms with Crippen molar-refractivity contribution in [2.45, 2.75) is 40.7 Å². The van der Waals surface area contributed by atoms with Crippen molar-refractivity contribution in [2.24, 2.45) is 5.92 Å². The second kappa shape index (κ2) is 9.39. The van der Waals surface area contributed by atoms with E-state index in [1.54, 1.807) is 0 Å². The molecular weight excluding hydrogens is 387 g/mol. The fraction of sp³-hybridized carbons (Fsp3) is 0.333. The number of rotatable bonds is 2. The normalized spacial score (nSPS) is 17.8. The van der Waals surface area contributed by atoms with Crippen LogP contribution in [0.5, 0.6) is 0 Å². The largest absolute Gasteiger partial charge is 0.389 e. The maximum absolute atomic E-state index is 10.4. The summed E-state index contributed by atoms with van der Waals surface area (Å²) in [6, 6.07) is 12.7. The minimum atomic E-state index is -0.477. The number of allylic oxidation sites excluding steroid dienone is 4. The maximum Gasteiger partial charge on any atom is 0.0773 e. The van der Waals surface area contributed by atoms with E-state index in [-0.39, 0.29) is 46.5 Å². The Kier molecular flexibility index (Phi) is 9.18. The molecule has 0 heterocycles. The Morgan fingerprint density at radius 3 is 2.04 bits per heavy atom. The van der Waals surface area contributed by atoms with Gasteiger partial charge in [-0.3, -0.25) is 0 Å². The molecule has 0 amide bonds. The average Bonchev–Trinajstić information content (AvgIpc) is 2.70. The van der Waals surface area contributed by atoms with E-state index < -0.39 is 6.10 Å². The van der Waals surface area contributed by atoms with Gasteiger partial charge < -0.3 is 5.11 Å². The van der Waals surface area contributed by atoms with Crippen LogP contribution in [0.15, 0.2) is 53.1 Å². The zero-order valence-electron chi connectivity index (χ0n) is 15.4. The Hall–Kier alpha value is -0.566. The van der Waals surface area contributed by atoms with Gasteiger partial charge >= 0.3 is 0 Å². The summed E-state index contributed by atoms with van der Waals surface area (Å²) >= 11 is 0. The second-order valence-corrected chi connectivity index (χ2v) is 6.49. The number of hydrogen-bond donors (Lipinski definition) is 1. The van der Waals surface area contributed by atoms with Crippen LogP contribution >= 0.6 is 24.8 Å². The summed E-state index contributed by atoms with van der Waals surface area (Å²) in [5.41, 5.74) is 7.83. The van der Waals surface area contributed by atoms with Gasteiger partial charge in [0.2, 0.25) is 0 Å². The molecule has 0 spiro atoms.